The maximum absolute atomic E-state index is 13.9. The number of hydrogen-bond acceptors (Lipinski definition) is 10. The lowest BCUT2D eigenvalue weighted by molar-refractivity contribution is -0.141. The van der Waals surface area contributed by atoms with Gasteiger partial charge in [0.1, 0.15) is 24.2 Å². The number of nitrogens with two attached hydrogens (primary N) is 2. The van der Waals surface area contributed by atoms with Crippen molar-refractivity contribution in [2.75, 3.05) is 39.3 Å². The van der Waals surface area contributed by atoms with Gasteiger partial charge in [0.05, 0.1) is 26.1 Å². The van der Waals surface area contributed by atoms with E-state index in [0.717, 1.165) is 0 Å². The Bertz CT molecular complexity index is 1490. The summed E-state index contributed by atoms with van der Waals surface area (Å²) in [5, 5.41) is 33.8. The number of guanidine groups is 1. The summed E-state index contributed by atoms with van der Waals surface area (Å²) in [6.45, 7) is 1.52. The summed E-state index contributed by atoms with van der Waals surface area (Å²) in [6, 6.07) is 3.21. The van der Waals surface area contributed by atoms with Crippen LogP contribution in [0.5, 0.6) is 0 Å². The highest BCUT2D eigenvalue weighted by atomic mass is 16.4. The van der Waals surface area contributed by atoms with E-state index in [1.165, 1.54) is 4.90 Å². The van der Waals surface area contributed by atoms with Gasteiger partial charge in [0, 0.05) is 19.5 Å². The standard InChI is InChI=1S/C34H52N10O10/c1-2-15-44(20-29(49)50)19-27(46)37-13-7-6-11-23-31(52)41-22(12-8-14-38-34(35)36)30(51)39-18-26(45)40-25(17-28(47)48)33(54)43-24(32(53)42-23)16-21-9-4-3-5-10-21/h3-5,9-10,22-25H,2,6-8,11-20H2,1H3,(H,37,46)(H,39,51)(H,40,45)(H,41,52)(H,42,53)(H,43,54)(H,47,48)(H,49,50)(H4,35,36,38)/t22?,23-,24+,25-/m0/s1. The first-order valence-electron chi connectivity index (χ1n) is 17.7. The number of nitrogens with one attached hydrogen (secondary N) is 6. The normalized spacial score (nSPS) is 19.9. The Morgan fingerprint density at radius 2 is 1.41 bits per heavy atom. The lowest BCUT2D eigenvalue weighted by atomic mass is 10.0. The number of nitrogens with zero attached hydrogens (tertiary/aromatic N) is 2. The van der Waals surface area contributed by atoms with E-state index in [1.807, 2.05) is 6.92 Å². The van der Waals surface area contributed by atoms with Crippen molar-refractivity contribution in [3.63, 3.8) is 0 Å². The van der Waals surface area contributed by atoms with E-state index in [-0.39, 0.29) is 63.7 Å². The monoisotopic (exact) mass is 760 g/mol. The molecule has 12 N–H and O–H groups in total. The highest BCUT2D eigenvalue weighted by Gasteiger charge is 2.33. The number of carbonyl (C=O) groups excluding carboxylic acids is 6. The van der Waals surface area contributed by atoms with Crippen LogP contribution in [0, 0.1) is 0 Å². The second-order valence-corrected chi connectivity index (χ2v) is 12.7. The molecule has 1 fully saturated rings. The molecule has 1 aliphatic rings. The van der Waals surface area contributed by atoms with E-state index >= 15 is 0 Å². The Labute approximate surface area is 312 Å². The van der Waals surface area contributed by atoms with Crippen molar-refractivity contribution < 1.29 is 48.6 Å². The largest absolute Gasteiger partial charge is 0.481 e. The highest BCUT2D eigenvalue weighted by Crippen LogP contribution is 2.09. The maximum atomic E-state index is 13.9. The molecule has 0 spiro atoms. The fraction of sp³-hybridized carbons (Fsp3) is 0.559. The molecule has 1 heterocycles. The lowest BCUT2D eigenvalue weighted by Gasteiger charge is -2.26. The van der Waals surface area contributed by atoms with Gasteiger partial charge in [-0.1, -0.05) is 37.3 Å². The number of hydrogen-bond donors (Lipinski definition) is 10. The summed E-state index contributed by atoms with van der Waals surface area (Å²) in [4.78, 5) is 108. The van der Waals surface area contributed by atoms with E-state index in [2.05, 4.69) is 36.9 Å². The van der Waals surface area contributed by atoms with Crippen molar-refractivity contribution in [2.45, 2.75) is 82.5 Å². The van der Waals surface area contributed by atoms with Crippen LogP contribution < -0.4 is 43.4 Å². The van der Waals surface area contributed by atoms with Gasteiger partial charge in [-0.2, -0.15) is 0 Å². The van der Waals surface area contributed by atoms with E-state index in [1.54, 1.807) is 30.3 Å². The number of unbranched alkanes of at least 4 members (excludes halogenated alkanes) is 1. The van der Waals surface area contributed by atoms with Gasteiger partial charge in [0.2, 0.25) is 35.4 Å². The Morgan fingerprint density at radius 3 is 2.04 bits per heavy atom. The van der Waals surface area contributed by atoms with Gasteiger partial charge in [0.15, 0.2) is 5.96 Å². The number of carboxylic acids is 2. The molecular formula is C34H52N10O10. The predicted molar refractivity (Wildman–Crippen MR) is 194 cm³/mol. The van der Waals surface area contributed by atoms with Crippen LogP contribution in [0.25, 0.3) is 0 Å². The number of aliphatic imine (C=N–C) groups is 1. The first-order valence-corrected chi connectivity index (χ1v) is 17.7. The van der Waals surface area contributed by atoms with Gasteiger partial charge in [0.25, 0.3) is 0 Å². The minimum Gasteiger partial charge on any atom is -0.481 e. The van der Waals surface area contributed by atoms with Crippen molar-refractivity contribution in [3.8, 4) is 0 Å². The summed E-state index contributed by atoms with van der Waals surface area (Å²) in [7, 11) is 0. The summed E-state index contributed by atoms with van der Waals surface area (Å²) >= 11 is 0. The first-order chi connectivity index (χ1) is 25.7. The van der Waals surface area contributed by atoms with Crippen LogP contribution in [-0.2, 0) is 44.8 Å². The van der Waals surface area contributed by atoms with Gasteiger partial charge < -0.3 is 53.6 Å². The zero-order chi connectivity index (χ0) is 40.0. The van der Waals surface area contributed by atoms with E-state index in [9.17, 15) is 43.5 Å². The van der Waals surface area contributed by atoms with Gasteiger partial charge >= 0.3 is 11.9 Å². The number of carbonyl (C=O) groups is 8. The molecule has 0 bridgehead atoms. The minimum absolute atomic E-state index is 0.0257. The van der Waals surface area contributed by atoms with Crippen molar-refractivity contribution in [3.05, 3.63) is 35.9 Å². The van der Waals surface area contributed by atoms with Crippen LogP contribution in [0.3, 0.4) is 0 Å². The third kappa shape index (κ3) is 17.6. The zero-order valence-electron chi connectivity index (χ0n) is 30.3. The molecule has 20 heteroatoms. The summed E-state index contributed by atoms with van der Waals surface area (Å²) in [5.74, 6) is -7.20. The quantitative estimate of drug-likeness (QED) is 0.0380. The highest BCUT2D eigenvalue weighted by molar-refractivity contribution is 5.98. The Kier molecular flexibility index (Phi) is 19.5. The molecule has 298 valence electrons. The van der Waals surface area contributed by atoms with E-state index in [4.69, 9.17) is 16.6 Å². The smallest absolute Gasteiger partial charge is 0.317 e. The van der Waals surface area contributed by atoms with Gasteiger partial charge in [-0.15, -0.1) is 0 Å². The van der Waals surface area contributed by atoms with E-state index in [0.29, 0.717) is 31.4 Å². The molecule has 20 nitrogen and oxygen atoms in total. The third-order valence-corrected chi connectivity index (χ3v) is 8.09. The van der Waals surface area contributed by atoms with Crippen molar-refractivity contribution in [1.29, 1.82) is 0 Å². The summed E-state index contributed by atoms with van der Waals surface area (Å²) in [6.07, 6.45) is 0.715. The molecule has 2 rings (SSSR count). The van der Waals surface area contributed by atoms with Crippen LogP contribution in [0.4, 0.5) is 0 Å². The minimum atomic E-state index is -1.61. The molecule has 1 aromatic rings. The molecule has 0 radical (unpaired) electrons. The zero-order valence-corrected chi connectivity index (χ0v) is 30.3. The van der Waals surface area contributed by atoms with Gasteiger partial charge in [-0.05, 0) is 50.6 Å². The molecule has 1 aromatic carbocycles. The molecule has 1 saturated heterocycles. The molecule has 1 unspecified atom stereocenters. The van der Waals surface area contributed by atoms with Crippen LogP contribution in [-0.4, -0.2) is 132 Å². The Morgan fingerprint density at radius 1 is 0.796 bits per heavy atom. The molecular weight excluding hydrogens is 708 g/mol. The summed E-state index contributed by atoms with van der Waals surface area (Å²) in [5.41, 5.74) is 11.4. The Hall–Kier alpha value is -5.79. The van der Waals surface area contributed by atoms with Crippen LogP contribution in [0.2, 0.25) is 0 Å². The van der Waals surface area contributed by atoms with Crippen molar-refractivity contribution in [1.82, 2.24) is 36.8 Å². The first kappa shape index (κ1) is 44.4. The molecule has 4 atom stereocenters. The number of aliphatic carboxylic acids is 2. The number of benzene rings is 1. The van der Waals surface area contributed by atoms with E-state index < -0.39 is 78.6 Å². The lowest BCUT2D eigenvalue weighted by Crippen LogP contribution is -2.58. The summed E-state index contributed by atoms with van der Waals surface area (Å²) < 4.78 is 0. The fourth-order valence-electron chi connectivity index (χ4n) is 5.52. The van der Waals surface area contributed by atoms with Crippen LogP contribution in [0.1, 0.15) is 57.4 Å². The molecule has 0 aliphatic carbocycles. The van der Waals surface area contributed by atoms with Gasteiger partial charge in [-0.25, -0.2) is 0 Å². The average Bonchev–Trinajstić information content (AvgIpc) is 3.10. The SMILES string of the molecule is CCCN(CC(=O)O)CC(=O)NCCCC[C@@H]1NC(=O)[C@@H](Cc2ccccc2)NC(=O)[C@H](CC(=O)O)NC(=O)CNC(=O)C(CCCN=C(N)N)NC1=O. The maximum Gasteiger partial charge on any atom is 0.317 e. The fourth-order valence-corrected chi connectivity index (χ4v) is 5.52. The molecule has 0 aromatic heterocycles. The Balaban J connectivity index is 2.35. The van der Waals surface area contributed by atoms with Gasteiger partial charge in [-0.3, -0.25) is 48.2 Å². The second kappa shape index (κ2) is 23.7. The third-order valence-electron chi connectivity index (χ3n) is 8.09. The topological polar surface area (TPSA) is 317 Å². The molecule has 6 amide bonds. The number of rotatable bonds is 19. The van der Waals surface area contributed by atoms with Crippen LogP contribution in [0.15, 0.2) is 35.3 Å². The number of carboxylic acid groups (broad SMARTS) is 2. The second-order valence-electron chi connectivity index (χ2n) is 12.7. The van der Waals surface area contributed by atoms with Crippen molar-refractivity contribution >= 4 is 53.3 Å². The molecule has 54 heavy (non-hydrogen) atoms. The molecule has 0 saturated carbocycles. The van der Waals surface area contributed by atoms with Crippen LogP contribution >= 0.6 is 0 Å². The average molecular weight is 761 g/mol. The number of amides is 6. The predicted octanol–water partition coefficient (Wildman–Crippen LogP) is -3.09. The molecule has 1 aliphatic heterocycles. The van der Waals surface area contributed by atoms with Crippen molar-refractivity contribution in [2.24, 2.45) is 16.5 Å².